The minimum Gasteiger partial charge on any atom is -0.452 e. The number of aliphatic hydroxyl groups is 5. The molecule has 1 aliphatic heterocycles. The molecule has 0 unspecified atom stereocenters. The number of aliphatic hydroxyl groups excluding tert-OH is 4. The Morgan fingerprint density at radius 2 is 1.85 bits per heavy atom. The van der Waals surface area contributed by atoms with E-state index in [2.05, 4.69) is 9.97 Å². The van der Waals surface area contributed by atoms with Crippen LogP contribution in [0.15, 0.2) is 67.5 Å². The number of ether oxygens (including phenoxy) is 2. The highest BCUT2D eigenvalue weighted by molar-refractivity contribution is 5.82. The summed E-state index contributed by atoms with van der Waals surface area (Å²) in [5.74, 6) is -2.56. The molecule has 0 radical (unpaired) electrons. The Morgan fingerprint density at radius 1 is 1.06 bits per heavy atom. The van der Waals surface area contributed by atoms with Crippen LogP contribution in [0.1, 0.15) is 5.56 Å². The highest BCUT2D eigenvalue weighted by Crippen LogP contribution is 2.35. The van der Waals surface area contributed by atoms with Gasteiger partial charge in [-0.05, 0) is 29.8 Å². The summed E-state index contributed by atoms with van der Waals surface area (Å²) in [7, 11) is 0. The first kappa shape index (κ1) is 22.5. The predicted octanol–water partition coefficient (Wildman–Crippen LogP) is -0.231. The Hall–Kier alpha value is -3.32. The number of imidazole rings is 2. The Morgan fingerprint density at radius 3 is 2.56 bits per heavy atom. The molecule has 5 N–H and O–H groups in total. The molecule has 0 bridgehead atoms. The van der Waals surface area contributed by atoms with Gasteiger partial charge in [-0.1, -0.05) is 18.2 Å². The molecular weight excluding hydrogens is 444 g/mol. The van der Waals surface area contributed by atoms with E-state index in [1.165, 1.54) is 0 Å². The normalized spacial score (nSPS) is 27.2. The molecule has 11 heteroatoms. The van der Waals surface area contributed by atoms with Crippen LogP contribution in [0.3, 0.4) is 0 Å². The third-order valence-electron chi connectivity index (χ3n) is 5.93. The van der Waals surface area contributed by atoms with Gasteiger partial charge in [-0.3, -0.25) is 0 Å². The maximum absolute atomic E-state index is 10.9. The first-order chi connectivity index (χ1) is 16.4. The summed E-state index contributed by atoms with van der Waals surface area (Å²) in [5.41, 5.74) is 3.00. The molecule has 1 saturated heterocycles. The Kier molecular flexibility index (Phi) is 5.81. The lowest BCUT2D eigenvalue weighted by Crippen LogP contribution is -2.69. The van der Waals surface area contributed by atoms with Crippen LogP contribution in [0.4, 0.5) is 0 Å². The van der Waals surface area contributed by atoms with Gasteiger partial charge in [0.05, 0.1) is 24.8 Å². The molecule has 5 atom stereocenters. The number of hydrogen-bond donors (Lipinski definition) is 5. The summed E-state index contributed by atoms with van der Waals surface area (Å²) in [4.78, 5) is 8.43. The van der Waals surface area contributed by atoms with Crippen LogP contribution in [0, 0.1) is 0 Å². The molecule has 1 fully saturated rings. The Labute approximate surface area is 193 Å². The first-order valence-corrected chi connectivity index (χ1v) is 10.6. The van der Waals surface area contributed by atoms with Crippen LogP contribution in [-0.4, -0.2) is 81.6 Å². The second kappa shape index (κ2) is 8.80. The van der Waals surface area contributed by atoms with E-state index in [-0.39, 0.29) is 5.75 Å². The maximum atomic E-state index is 10.9. The third-order valence-corrected chi connectivity index (χ3v) is 5.93. The van der Waals surface area contributed by atoms with Crippen molar-refractivity contribution in [2.75, 3.05) is 6.61 Å². The Bertz CT molecular complexity index is 1260. The van der Waals surface area contributed by atoms with Gasteiger partial charge in [0, 0.05) is 24.6 Å². The van der Waals surface area contributed by atoms with E-state index in [1.54, 1.807) is 41.6 Å². The smallest absolute Gasteiger partial charge is 0.288 e. The molecule has 11 nitrogen and oxygen atoms in total. The largest absolute Gasteiger partial charge is 0.452 e. The number of fused-ring (bicyclic) bond motifs is 1. The summed E-state index contributed by atoms with van der Waals surface area (Å²) >= 11 is 0. The molecular formula is C23H24N4O7. The van der Waals surface area contributed by atoms with Crippen LogP contribution in [-0.2, 0) is 11.3 Å². The van der Waals surface area contributed by atoms with Gasteiger partial charge in [0.15, 0.2) is 6.10 Å². The van der Waals surface area contributed by atoms with E-state index in [9.17, 15) is 25.5 Å². The molecule has 0 spiro atoms. The summed E-state index contributed by atoms with van der Waals surface area (Å²) < 4.78 is 14.4. The molecule has 2 aromatic heterocycles. The van der Waals surface area contributed by atoms with Crippen LogP contribution >= 0.6 is 0 Å². The van der Waals surface area contributed by atoms with Crippen molar-refractivity contribution in [2.45, 2.75) is 36.9 Å². The van der Waals surface area contributed by atoms with E-state index in [4.69, 9.17) is 9.47 Å². The summed E-state index contributed by atoms with van der Waals surface area (Å²) in [6.45, 7) is -0.232. The number of para-hydroxylation sites is 1. The van der Waals surface area contributed by atoms with Gasteiger partial charge in [0.25, 0.3) is 5.79 Å². The minimum atomic E-state index is -2.68. The lowest BCUT2D eigenvalue weighted by atomic mass is 9.96. The van der Waals surface area contributed by atoms with E-state index in [0.29, 0.717) is 17.6 Å². The van der Waals surface area contributed by atoms with Crippen LogP contribution in [0.25, 0.3) is 16.7 Å². The molecule has 1 aliphatic rings. The summed E-state index contributed by atoms with van der Waals surface area (Å²) in [6.07, 6.45) is -0.0475. The van der Waals surface area contributed by atoms with Gasteiger partial charge in [-0.25, -0.2) is 9.97 Å². The molecule has 5 rings (SSSR count). The highest BCUT2D eigenvalue weighted by Gasteiger charge is 2.57. The van der Waals surface area contributed by atoms with Crippen molar-refractivity contribution in [3.05, 3.63) is 73.1 Å². The fourth-order valence-corrected chi connectivity index (χ4v) is 4.05. The molecule has 2 aromatic carbocycles. The molecule has 3 heterocycles. The number of aromatic nitrogens is 4. The van der Waals surface area contributed by atoms with E-state index in [1.807, 2.05) is 35.0 Å². The fourth-order valence-electron chi connectivity index (χ4n) is 4.05. The van der Waals surface area contributed by atoms with E-state index >= 15 is 0 Å². The van der Waals surface area contributed by atoms with Gasteiger partial charge in [0.1, 0.15) is 23.5 Å². The third kappa shape index (κ3) is 3.84. The van der Waals surface area contributed by atoms with Crippen LogP contribution < -0.4 is 4.74 Å². The number of benzene rings is 2. The van der Waals surface area contributed by atoms with E-state index < -0.39 is 37.0 Å². The quantitative estimate of drug-likeness (QED) is 0.241. The highest BCUT2D eigenvalue weighted by atomic mass is 16.7. The first-order valence-electron chi connectivity index (χ1n) is 10.6. The Balaban J connectivity index is 1.44. The maximum Gasteiger partial charge on any atom is 0.288 e. The lowest BCUT2D eigenvalue weighted by molar-refractivity contribution is -0.385. The number of rotatable bonds is 6. The second-order valence-electron chi connectivity index (χ2n) is 8.13. The van der Waals surface area contributed by atoms with Gasteiger partial charge in [-0.15, -0.1) is 0 Å². The van der Waals surface area contributed by atoms with Gasteiger partial charge in [-0.2, -0.15) is 0 Å². The zero-order valence-electron chi connectivity index (χ0n) is 17.9. The second-order valence-corrected chi connectivity index (χ2v) is 8.13. The average molecular weight is 468 g/mol. The zero-order valence-corrected chi connectivity index (χ0v) is 17.9. The SMILES string of the molecule is OC[C@@H]1O[C@@H](O)[C@](O)(Oc2cccc3ncn(Cc4ccc(-n5ccnc5)cc4)c23)[C@H](O)[C@H]1O. The van der Waals surface area contributed by atoms with Crippen molar-refractivity contribution in [2.24, 2.45) is 0 Å². The lowest BCUT2D eigenvalue weighted by Gasteiger charge is -2.45. The fraction of sp³-hybridized carbons (Fsp3) is 0.304. The van der Waals surface area contributed by atoms with Crippen molar-refractivity contribution in [1.29, 1.82) is 0 Å². The molecule has 0 saturated carbocycles. The molecule has 0 amide bonds. The minimum absolute atomic E-state index is 0.115. The topological polar surface area (TPSA) is 155 Å². The van der Waals surface area contributed by atoms with Gasteiger partial charge >= 0.3 is 0 Å². The molecule has 0 aliphatic carbocycles. The van der Waals surface area contributed by atoms with Crippen molar-refractivity contribution in [3.8, 4) is 11.4 Å². The van der Waals surface area contributed by atoms with Crippen molar-refractivity contribution in [3.63, 3.8) is 0 Å². The molecule has 34 heavy (non-hydrogen) atoms. The predicted molar refractivity (Wildman–Crippen MR) is 118 cm³/mol. The summed E-state index contributed by atoms with van der Waals surface area (Å²) in [6, 6.07) is 12.8. The van der Waals surface area contributed by atoms with E-state index in [0.717, 1.165) is 11.3 Å². The zero-order chi connectivity index (χ0) is 23.9. The monoisotopic (exact) mass is 468 g/mol. The molecule has 178 valence electrons. The van der Waals surface area contributed by atoms with Crippen LogP contribution in [0.5, 0.6) is 5.75 Å². The van der Waals surface area contributed by atoms with Crippen LogP contribution in [0.2, 0.25) is 0 Å². The van der Waals surface area contributed by atoms with Crippen molar-refractivity contribution in [1.82, 2.24) is 19.1 Å². The van der Waals surface area contributed by atoms with Gasteiger partial charge < -0.3 is 44.1 Å². The molecule has 4 aromatic rings. The van der Waals surface area contributed by atoms with Crippen molar-refractivity contribution >= 4 is 11.0 Å². The number of hydrogen-bond acceptors (Lipinski definition) is 9. The standard InChI is InChI=1S/C23H24N4O7/c28-11-18-20(29)21(30)23(32,22(31)33-18)34-17-3-1-2-16-19(17)27(13-25-16)10-14-4-6-15(7-5-14)26-9-8-24-12-26/h1-9,12-13,18,20-22,28-32H,10-11H2/t18-,20-,21+,22+,23+/m0/s1. The summed E-state index contributed by atoms with van der Waals surface area (Å²) in [5, 5.41) is 51.1. The average Bonchev–Trinajstić information content (AvgIpc) is 3.52. The number of nitrogens with zero attached hydrogens (tertiary/aromatic N) is 4. The van der Waals surface area contributed by atoms with Gasteiger partial charge in [0.2, 0.25) is 6.29 Å². The van der Waals surface area contributed by atoms with Crippen molar-refractivity contribution < 1.29 is 35.0 Å².